The van der Waals surface area contributed by atoms with Crippen LogP contribution in [-0.2, 0) is 4.79 Å². The smallest absolute Gasteiger partial charge is 0.264 e. The van der Waals surface area contributed by atoms with Crippen LogP contribution in [0.2, 0.25) is 0 Å². The first-order valence-electron chi connectivity index (χ1n) is 20.0. The van der Waals surface area contributed by atoms with Crippen molar-refractivity contribution in [1.29, 1.82) is 0 Å². The normalized spacial score (nSPS) is 23.7. The number of hydrogen-bond acceptors (Lipinski definition) is 12. The van der Waals surface area contributed by atoms with E-state index in [0.717, 1.165) is 75.5 Å². The molecular formula is C40H50F3N11O3. The summed E-state index contributed by atoms with van der Waals surface area (Å²) in [6.07, 6.45) is 5.05. The summed E-state index contributed by atoms with van der Waals surface area (Å²) in [5.74, 6) is 1.65. The highest BCUT2D eigenvalue weighted by molar-refractivity contribution is 5.80. The van der Waals surface area contributed by atoms with E-state index < -0.39 is 29.2 Å². The number of anilines is 4. The molecule has 304 valence electrons. The maximum absolute atomic E-state index is 14.0. The number of alkyl halides is 2. The van der Waals surface area contributed by atoms with Crippen LogP contribution in [0.4, 0.5) is 36.4 Å². The molecule has 3 N–H and O–H groups in total. The van der Waals surface area contributed by atoms with Crippen LogP contribution < -0.4 is 26.0 Å². The van der Waals surface area contributed by atoms with Crippen molar-refractivity contribution in [2.45, 2.75) is 82.0 Å². The monoisotopic (exact) mass is 789 g/mol. The van der Waals surface area contributed by atoms with Crippen LogP contribution in [-0.4, -0.2) is 122 Å². The van der Waals surface area contributed by atoms with Gasteiger partial charge in [0, 0.05) is 99.4 Å². The first-order chi connectivity index (χ1) is 27.5. The summed E-state index contributed by atoms with van der Waals surface area (Å²) in [6.45, 7) is 7.61. The van der Waals surface area contributed by atoms with Crippen LogP contribution in [0.5, 0.6) is 0 Å². The van der Waals surface area contributed by atoms with Gasteiger partial charge in [0.25, 0.3) is 12.0 Å². The summed E-state index contributed by atoms with van der Waals surface area (Å²) >= 11 is 0. The quantitative estimate of drug-likeness (QED) is 0.209. The molecule has 1 saturated carbocycles. The molecule has 0 unspecified atom stereocenters. The maximum Gasteiger partial charge on any atom is 0.264 e. The Morgan fingerprint density at radius 1 is 0.930 bits per heavy atom. The predicted octanol–water partition coefficient (Wildman–Crippen LogP) is 4.44. The molecule has 6 heterocycles. The number of aliphatic hydroxyl groups is 1. The van der Waals surface area contributed by atoms with Gasteiger partial charge in [0.2, 0.25) is 11.9 Å². The van der Waals surface area contributed by atoms with Crippen molar-refractivity contribution in [3.63, 3.8) is 0 Å². The molecule has 14 nitrogen and oxygen atoms in total. The topological polar surface area (TPSA) is 148 Å². The predicted molar refractivity (Wildman–Crippen MR) is 211 cm³/mol. The summed E-state index contributed by atoms with van der Waals surface area (Å²) in [7, 11) is 0. The largest absolute Gasteiger partial charge is 0.388 e. The summed E-state index contributed by atoms with van der Waals surface area (Å²) in [5.41, 5.74) is -1.24. The fourth-order valence-electron chi connectivity index (χ4n) is 8.93. The van der Waals surface area contributed by atoms with Crippen LogP contribution in [0, 0.1) is 5.82 Å². The van der Waals surface area contributed by atoms with Crippen LogP contribution in [0.3, 0.4) is 0 Å². The number of piperazine rings is 1. The number of nitrogens with zero attached hydrogens (tertiary/aromatic N) is 9. The lowest BCUT2D eigenvalue weighted by Gasteiger charge is -2.37. The molecule has 0 bridgehead atoms. The van der Waals surface area contributed by atoms with E-state index in [4.69, 9.17) is 0 Å². The highest BCUT2D eigenvalue weighted by Gasteiger charge is 2.40. The number of piperidine rings is 2. The molecule has 0 radical (unpaired) electrons. The Kier molecular flexibility index (Phi) is 11.2. The summed E-state index contributed by atoms with van der Waals surface area (Å²) in [6, 6.07) is 9.16. The minimum Gasteiger partial charge on any atom is -0.388 e. The number of carbonyl (C=O) groups is 1. The Balaban J connectivity index is 0.820. The number of nitrogens with one attached hydrogen (secondary N) is 2. The average molecular weight is 790 g/mol. The molecule has 3 aliphatic heterocycles. The zero-order valence-electron chi connectivity index (χ0n) is 32.2. The van der Waals surface area contributed by atoms with Crippen LogP contribution in [0.1, 0.15) is 69.9 Å². The average Bonchev–Trinajstić information content (AvgIpc) is 3.56. The second-order valence-electron chi connectivity index (χ2n) is 16.0. The van der Waals surface area contributed by atoms with E-state index in [2.05, 4.69) is 45.3 Å². The number of rotatable bonds is 10. The van der Waals surface area contributed by atoms with Crippen molar-refractivity contribution in [3.8, 4) is 0 Å². The van der Waals surface area contributed by atoms with Gasteiger partial charge in [-0.15, -0.1) is 0 Å². The molecule has 4 fully saturated rings. The van der Waals surface area contributed by atoms with E-state index in [1.165, 1.54) is 16.8 Å². The van der Waals surface area contributed by atoms with Crippen molar-refractivity contribution in [2.75, 3.05) is 79.3 Å². The number of fused-ring (bicyclic) bond motifs is 1. The molecule has 1 aromatic carbocycles. The van der Waals surface area contributed by atoms with Gasteiger partial charge in [-0.25, -0.2) is 28.1 Å². The van der Waals surface area contributed by atoms with Gasteiger partial charge in [-0.05, 0) is 70.1 Å². The number of pyridine rings is 1. The van der Waals surface area contributed by atoms with Crippen LogP contribution in [0.15, 0.2) is 53.7 Å². The van der Waals surface area contributed by atoms with Crippen molar-refractivity contribution in [1.82, 2.24) is 34.3 Å². The van der Waals surface area contributed by atoms with Gasteiger partial charge in [0.1, 0.15) is 29.4 Å². The highest BCUT2D eigenvalue weighted by atomic mass is 19.3. The number of likely N-dealkylation sites (tertiary alicyclic amines) is 1. The maximum atomic E-state index is 14.0. The number of amides is 1. The highest BCUT2D eigenvalue weighted by Crippen LogP contribution is 2.40. The van der Waals surface area contributed by atoms with Gasteiger partial charge in [-0.3, -0.25) is 19.1 Å². The molecule has 17 heteroatoms. The van der Waals surface area contributed by atoms with Gasteiger partial charge >= 0.3 is 0 Å². The number of hydrogen-bond donors (Lipinski definition) is 3. The Morgan fingerprint density at radius 3 is 2.47 bits per heavy atom. The van der Waals surface area contributed by atoms with Crippen molar-refractivity contribution >= 4 is 40.2 Å². The minimum atomic E-state index is -2.88. The summed E-state index contributed by atoms with van der Waals surface area (Å²) in [5, 5.41) is 18.0. The fourth-order valence-corrected chi connectivity index (χ4v) is 8.93. The zero-order chi connectivity index (χ0) is 39.7. The first-order valence-corrected chi connectivity index (χ1v) is 20.0. The summed E-state index contributed by atoms with van der Waals surface area (Å²) in [4.78, 5) is 52.9. The Bertz CT molecular complexity index is 2120. The van der Waals surface area contributed by atoms with Gasteiger partial charge in [0.05, 0.1) is 18.2 Å². The van der Waals surface area contributed by atoms with Gasteiger partial charge in [-0.1, -0.05) is 6.07 Å². The van der Waals surface area contributed by atoms with E-state index in [1.54, 1.807) is 25.4 Å². The van der Waals surface area contributed by atoms with Gasteiger partial charge in [0.15, 0.2) is 0 Å². The summed E-state index contributed by atoms with van der Waals surface area (Å²) < 4.78 is 43.1. The fraction of sp³-hybridized carbons (Fsp3) is 0.550. The van der Waals surface area contributed by atoms with Gasteiger partial charge in [-0.2, -0.15) is 4.98 Å². The zero-order valence-corrected chi connectivity index (χ0v) is 32.2. The van der Waals surface area contributed by atoms with Crippen LogP contribution in [0.25, 0.3) is 11.0 Å². The van der Waals surface area contributed by atoms with Crippen LogP contribution >= 0.6 is 0 Å². The third-order valence-electron chi connectivity index (χ3n) is 12.1. The van der Waals surface area contributed by atoms with E-state index in [-0.39, 0.29) is 40.8 Å². The number of carbonyl (C=O) groups excluding carboxylic acids is 1. The Hall–Kier alpha value is -5.03. The molecule has 4 aliphatic rings. The molecule has 57 heavy (non-hydrogen) atoms. The number of benzene rings is 1. The lowest BCUT2D eigenvalue weighted by atomic mass is 9.99. The molecule has 3 atom stereocenters. The first kappa shape index (κ1) is 38.8. The lowest BCUT2D eigenvalue weighted by molar-refractivity contribution is -0.133. The molecule has 8 rings (SSSR count). The minimum absolute atomic E-state index is 0.0548. The van der Waals surface area contributed by atoms with E-state index in [1.807, 2.05) is 17.0 Å². The molecule has 3 aromatic heterocycles. The molecule has 4 aromatic rings. The SMILES string of the molecule is C[C@]1(O)CCC[C@@H]1n1c(=O)cc(C(F)F)c2cnc(NC3CCN(C(=O)CN4CCN(c5cc(N[C@@H]6CCCN(c7cccc(F)c7)C6)ncn5)CC4)CC3)nc21. The second-order valence-corrected chi connectivity index (χ2v) is 16.0. The molecule has 1 amide bonds. The van der Waals surface area contributed by atoms with Crippen molar-refractivity contribution in [3.05, 3.63) is 70.7 Å². The van der Waals surface area contributed by atoms with Crippen molar-refractivity contribution in [2.24, 2.45) is 0 Å². The van der Waals surface area contributed by atoms with Crippen molar-refractivity contribution < 1.29 is 23.1 Å². The standard InChI is InChI=1S/C40H50F3N11O3/c1-40(57)11-3-8-32(40)54-35(55)20-30(37(42)43)31-22-44-39(49-38(31)54)48-27-9-13-52(14-10-27)36(56)24-50-15-17-51(18-16-50)34-21-33(45-25-46-34)47-28-6-4-12-53(23-28)29-7-2-5-26(41)19-29/h2,5,7,19-22,25,27-28,32,37,57H,3-4,6,8-18,23-24H2,1H3,(H,44,48,49)(H,45,46,47)/t28-,32+,40+/m1/s1. The second kappa shape index (κ2) is 16.4. The van der Waals surface area contributed by atoms with Gasteiger partial charge < -0.3 is 30.4 Å². The number of aromatic nitrogens is 5. The third kappa shape index (κ3) is 8.64. The Labute approximate surface area is 329 Å². The Morgan fingerprint density at radius 2 is 1.74 bits per heavy atom. The molecular weight excluding hydrogens is 740 g/mol. The van der Waals surface area contributed by atoms with E-state index in [0.29, 0.717) is 51.7 Å². The lowest BCUT2D eigenvalue weighted by Crippen LogP contribution is -2.51. The number of halogens is 3. The third-order valence-corrected chi connectivity index (χ3v) is 12.1. The van der Waals surface area contributed by atoms with E-state index in [9.17, 15) is 27.9 Å². The molecule has 1 aliphatic carbocycles. The van der Waals surface area contributed by atoms with E-state index >= 15 is 0 Å². The molecule has 3 saturated heterocycles. The molecule has 0 spiro atoms.